The Morgan fingerprint density at radius 3 is 2.26 bits per heavy atom. The molecule has 2 aromatic carbocycles. The van der Waals surface area contributed by atoms with Gasteiger partial charge in [0.2, 0.25) is 0 Å². The number of hydrazone groups is 1. The van der Waals surface area contributed by atoms with E-state index >= 15 is 0 Å². The fraction of sp³-hybridized carbons (Fsp3) is 0. The highest BCUT2D eigenvalue weighted by molar-refractivity contribution is 7.89. The van der Waals surface area contributed by atoms with Gasteiger partial charge in [-0.25, -0.2) is 4.83 Å². The Labute approximate surface area is 116 Å². The lowest BCUT2D eigenvalue weighted by Gasteiger charge is -2.02. The van der Waals surface area contributed by atoms with E-state index in [1.165, 1.54) is 30.5 Å². The van der Waals surface area contributed by atoms with Gasteiger partial charge in [-0.2, -0.15) is 13.5 Å². The molecule has 0 aliphatic rings. The van der Waals surface area contributed by atoms with Crippen molar-refractivity contribution in [1.29, 1.82) is 0 Å². The van der Waals surface area contributed by atoms with Crippen LogP contribution in [0, 0.1) is 0 Å². The van der Waals surface area contributed by atoms with Crippen LogP contribution in [0.2, 0.25) is 5.02 Å². The van der Waals surface area contributed by atoms with Crippen LogP contribution in [0.5, 0.6) is 0 Å². The van der Waals surface area contributed by atoms with Crippen molar-refractivity contribution in [3.8, 4) is 0 Å². The van der Waals surface area contributed by atoms with Gasteiger partial charge in [-0.1, -0.05) is 41.9 Å². The van der Waals surface area contributed by atoms with Crippen LogP contribution < -0.4 is 4.83 Å². The summed E-state index contributed by atoms with van der Waals surface area (Å²) >= 11 is 5.70. The molecule has 0 aliphatic heterocycles. The molecular weight excluding hydrogens is 284 g/mol. The summed E-state index contributed by atoms with van der Waals surface area (Å²) in [5, 5.41) is 4.19. The van der Waals surface area contributed by atoms with E-state index in [4.69, 9.17) is 11.6 Å². The van der Waals surface area contributed by atoms with Gasteiger partial charge in [-0.15, -0.1) is 0 Å². The minimum absolute atomic E-state index is 0.113. The molecule has 0 aromatic heterocycles. The first-order valence-corrected chi connectivity index (χ1v) is 7.29. The Morgan fingerprint density at radius 2 is 1.63 bits per heavy atom. The fourth-order valence-corrected chi connectivity index (χ4v) is 2.29. The third-order valence-corrected chi connectivity index (χ3v) is 3.80. The molecular formula is C13H11ClN2O2S. The van der Waals surface area contributed by atoms with Crippen molar-refractivity contribution in [3.05, 3.63) is 65.2 Å². The first kappa shape index (κ1) is 13.6. The van der Waals surface area contributed by atoms with Gasteiger partial charge in [0, 0.05) is 5.02 Å². The van der Waals surface area contributed by atoms with Crippen LogP contribution in [0.25, 0.3) is 0 Å². The van der Waals surface area contributed by atoms with Gasteiger partial charge in [-0.3, -0.25) is 0 Å². The van der Waals surface area contributed by atoms with E-state index in [1.54, 1.807) is 0 Å². The molecule has 2 aromatic rings. The molecule has 0 saturated heterocycles. The van der Waals surface area contributed by atoms with Crippen LogP contribution >= 0.6 is 11.6 Å². The third kappa shape index (κ3) is 3.81. The summed E-state index contributed by atoms with van der Waals surface area (Å²) in [6, 6.07) is 15.1. The molecule has 6 heteroatoms. The van der Waals surface area contributed by atoms with Crippen LogP contribution in [0.4, 0.5) is 0 Å². The second-order valence-corrected chi connectivity index (χ2v) is 5.81. The molecule has 0 heterocycles. The average molecular weight is 295 g/mol. The summed E-state index contributed by atoms with van der Waals surface area (Å²) < 4.78 is 23.7. The van der Waals surface area contributed by atoms with Gasteiger partial charge in [0.1, 0.15) is 0 Å². The van der Waals surface area contributed by atoms with Crippen molar-refractivity contribution in [2.24, 2.45) is 5.10 Å². The molecule has 19 heavy (non-hydrogen) atoms. The summed E-state index contributed by atoms with van der Waals surface area (Å²) in [4.78, 5) is 2.25. The summed E-state index contributed by atoms with van der Waals surface area (Å²) in [6.45, 7) is 0. The number of halogens is 1. The van der Waals surface area contributed by atoms with Crippen molar-refractivity contribution in [2.45, 2.75) is 4.90 Å². The van der Waals surface area contributed by atoms with E-state index in [1.807, 2.05) is 30.3 Å². The second-order valence-electron chi connectivity index (χ2n) is 3.72. The number of sulfonamides is 1. The predicted octanol–water partition coefficient (Wildman–Crippen LogP) is 2.65. The molecule has 0 spiro atoms. The number of rotatable bonds is 4. The van der Waals surface area contributed by atoms with Gasteiger partial charge in [0.15, 0.2) is 0 Å². The minimum atomic E-state index is -3.65. The van der Waals surface area contributed by atoms with E-state index in [-0.39, 0.29) is 4.90 Å². The van der Waals surface area contributed by atoms with Crippen LogP contribution in [-0.4, -0.2) is 14.6 Å². The Balaban J connectivity index is 2.10. The fourth-order valence-electron chi connectivity index (χ4n) is 1.38. The first-order chi connectivity index (χ1) is 9.08. The lowest BCUT2D eigenvalue weighted by molar-refractivity contribution is 0.584. The Hall–Kier alpha value is -1.85. The largest absolute Gasteiger partial charge is 0.276 e. The van der Waals surface area contributed by atoms with Crippen LogP contribution in [0.3, 0.4) is 0 Å². The van der Waals surface area contributed by atoms with E-state index in [0.29, 0.717) is 5.02 Å². The number of nitrogens with zero attached hydrogens (tertiary/aromatic N) is 1. The SMILES string of the molecule is O=S(=O)(N/N=C\c1ccccc1)c1ccc(Cl)cc1. The minimum Gasteiger partial charge on any atom is -0.200 e. The lowest BCUT2D eigenvalue weighted by atomic mass is 10.2. The number of benzene rings is 2. The normalized spacial score (nSPS) is 11.6. The van der Waals surface area contributed by atoms with E-state index < -0.39 is 10.0 Å². The predicted molar refractivity (Wildman–Crippen MR) is 75.8 cm³/mol. The van der Waals surface area contributed by atoms with Gasteiger partial charge >= 0.3 is 0 Å². The molecule has 0 aliphatic carbocycles. The molecule has 0 radical (unpaired) electrons. The second kappa shape index (κ2) is 5.86. The molecule has 0 bridgehead atoms. The highest BCUT2D eigenvalue weighted by Crippen LogP contribution is 2.13. The number of nitrogens with one attached hydrogen (secondary N) is 1. The van der Waals surface area contributed by atoms with Gasteiger partial charge in [-0.05, 0) is 29.8 Å². The van der Waals surface area contributed by atoms with Crippen LogP contribution in [0.15, 0.2) is 64.6 Å². The quantitative estimate of drug-likeness (QED) is 0.696. The zero-order valence-corrected chi connectivity index (χ0v) is 11.4. The third-order valence-electron chi connectivity index (χ3n) is 2.31. The zero-order chi connectivity index (χ0) is 13.7. The zero-order valence-electron chi connectivity index (χ0n) is 9.82. The maximum absolute atomic E-state index is 11.9. The molecule has 0 unspecified atom stereocenters. The summed E-state index contributed by atoms with van der Waals surface area (Å²) in [5.74, 6) is 0. The molecule has 2 rings (SSSR count). The molecule has 0 saturated carbocycles. The standard InChI is InChI=1S/C13H11ClN2O2S/c14-12-6-8-13(9-7-12)19(17,18)16-15-10-11-4-2-1-3-5-11/h1-10,16H/b15-10-. The van der Waals surface area contributed by atoms with Crippen molar-refractivity contribution < 1.29 is 8.42 Å². The van der Waals surface area contributed by atoms with Crippen molar-refractivity contribution >= 4 is 27.8 Å². The summed E-state index contributed by atoms with van der Waals surface area (Å²) in [5.41, 5.74) is 0.807. The van der Waals surface area contributed by atoms with E-state index in [9.17, 15) is 8.42 Å². The highest BCUT2D eigenvalue weighted by Gasteiger charge is 2.11. The lowest BCUT2D eigenvalue weighted by Crippen LogP contribution is -2.18. The van der Waals surface area contributed by atoms with Gasteiger partial charge < -0.3 is 0 Å². The van der Waals surface area contributed by atoms with Crippen LogP contribution in [-0.2, 0) is 10.0 Å². The monoisotopic (exact) mass is 294 g/mol. The molecule has 0 atom stereocenters. The molecule has 0 fully saturated rings. The average Bonchev–Trinajstić information content (AvgIpc) is 2.40. The van der Waals surface area contributed by atoms with Crippen LogP contribution in [0.1, 0.15) is 5.56 Å². The van der Waals surface area contributed by atoms with Crippen molar-refractivity contribution in [1.82, 2.24) is 4.83 Å². The maximum Gasteiger partial charge on any atom is 0.276 e. The topological polar surface area (TPSA) is 58.5 Å². The van der Waals surface area contributed by atoms with Crippen molar-refractivity contribution in [2.75, 3.05) is 0 Å². The number of hydrogen-bond acceptors (Lipinski definition) is 3. The molecule has 4 nitrogen and oxygen atoms in total. The van der Waals surface area contributed by atoms with Gasteiger partial charge in [0.05, 0.1) is 11.1 Å². The van der Waals surface area contributed by atoms with E-state index in [0.717, 1.165) is 5.56 Å². The maximum atomic E-state index is 11.9. The van der Waals surface area contributed by atoms with Crippen molar-refractivity contribution in [3.63, 3.8) is 0 Å². The number of hydrogen-bond donors (Lipinski definition) is 1. The molecule has 98 valence electrons. The highest BCUT2D eigenvalue weighted by atomic mass is 35.5. The van der Waals surface area contributed by atoms with E-state index in [2.05, 4.69) is 9.93 Å². The smallest absolute Gasteiger partial charge is 0.200 e. The Morgan fingerprint density at radius 1 is 1.00 bits per heavy atom. The first-order valence-electron chi connectivity index (χ1n) is 5.43. The summed E-state index contributed by atoms with van der Waals surface area (Å²) in [6.07, 6.45) is 1.44. The molecule has 0 amide bonds. The van der Waals surface area contributed by atoms with Gasteiger partial charge in [0.25, 0.3) is 10.0 Å². The summed E-state index contributed by atoms with van der Waals surface area (Å²) in [7, 11) is -3.65. The molecule has 1 N–H and O–H groups in total. The Kier molecular flexibility index (Phi) is 4.19. The Bertz CT molecular complexity index is 668.